The lowest BCUT2D eigenvalue weighted by Crippen LogP contribution is -2.40. The van der Waals surface area contributed by atoms with Crippen molar-refractivity contribution in [2.45, 2.75) is 31.8 Å². The van der Waals surface area contributed by atoms with Gasteiger partial charge in [0.15, 0.2) is 0 Å². The van der Waals surface area contributed by atoms with Crippen LogP contribution in [0.2, 0.25) is 5.02 Å². The highest BCUT2D eigenvalue weighted by atomic mass is 35.5. The molecule has 1 heterocycles. The van der Waals surface area contributed by atoms with Crippen LogP contribution in [0.15, 0.2) is 24.3 Å². The molecule has 0 aromatic heterocycles. The Morgan fingerprint density at radius 1 is 1.38 bits per heavy atom. The molecule has 2 N–H and O–H groups in total. The van der Waals surface area contributed by atoms with E-state index >= 15 is 0 Å². The van der Waals surface area contributed by atoms with Crippen LogP contribution in [0.3, 0.4) is 0 Å². The maximum Gasteiger partial charge on any atom is 0.0409 e. The standard InChI is InChI=1S/C13H19ClN2/c1-10(11-3-2-4-12(14)9-11)16-7-5-13(15)6-8-16/h2-4,9-10,13H,5-8,15H2,1H3/t10-/m1/s1. The van der Waals surface area contributed by atoms with Crippen LogP contribution in [0.4, 0.5) is 0 Å². The van der Waals surface area contributed by atoms with Crippen LogP contribution in [-0.2, 0) is 0 Å². The molecule has 0 radical (unpaired) electrons. The maximum atomic E-state index is 6.01. The zero-order valence-electron chi connectivity index (χ0n) is 9.70. The van der Waals surface area contributed by atoms with Crippen molar-refractivity contribution < 1.29 is 0 Å². The summed E-state index contributed by atoms with van der Waals surface area (Å²) < 4.78 is 0. The molecule has 1 atom stereocenters. The Balaban J connectivity index is 2.04. The normalized spacial score (nSPS) is 20.9. The Bertz CT molecular complexity index is 346. The van der Waals surface area contributed by atoms with Crippen LogP contribution < -0.4 is 5.73 Å². The van der Waals surface area contributed by atoms with Gasteiger partial charge in [0.25, 0.3) is 0 Å². The van der Waals surface area contributed by atoms with Gasteiger partial charge in [-0.15, -0.1) is 0 Å². The largest absolute Gasteiger partial charge is 0.328 e. The molecule has 0 spiro atoms. The predicted molar refractivity (Wildman–Crippen MR) is 68.6 cm³/mol. The first-order valence-electron chi connectivity index (χ1n) is 5.92. The van der Waals surface area contributed by atoms with Crippen LogP contribution in [0.25, 0.3) is 0 Å². The first-order valence-corrected chi connectivity index (χ1v) is 6.29. The summed E-state index contributed by atoms with van der Waals surface area (Å²) in [7, 11) is 0. The predicted octanol–water partition coefficient (Wildman–Crippen LogP) is 2.82. The van der Waals surface area contributed by atoms with Gasteiger partial charge in [0, 0.05) is 30.2 Å². The van der Waals surface area contributed by atoms with Gasteiger partial charge < -0.3 is 5.73 Å². The average Bonchev–Trinajstić information content (AvgIpc) is 2.29. The molecule has 1 saturated heterocycles. The Morgan fingerprint density at radius 3 is 2.69 bits per heavy atom. The molecule has 88 valence electrons. The quantitative estimate of drug-likeness (QED) is 0.859. The molecule has 2 nitrogen and oxygen atoms in total. The minimum atomic E-state index is 0.391. The van der Waals surface area contributed by atoms with Gasteiger partial charge in [-0.05, 0) is 37.5 Å². The van der Waals surface area contributed by atoms with Gasteiger partial charge >= 0.3 is 0 Å². The number of hydrogen-bond donors (Lipinski definition) is 1. The third kappa shape index (κ3) is 2.76. The van der Waals surface area contributed by atoms with Crippen LogP contribution in [-0.4, -0.2) is 24.0 Å². The van der Waals surface area contributed by atoms with Crippen LogP contribution in [0.5, 0.6) is 0 Å². The summed E-state index contributed by atoms with van der Waals surface area (Å²) in [6, 6.07) is 8.97. The number of piperidine rings is 1. The minimum absolute atomic E-state index is 0.391. The second-order valence-electron chi connectivity index (χ2n) is 4.60. The Hall–Kier alpha value is -0.570. The fourth-order valence-electron chi connectivity index (χ4n) is 2.28. The van der Waals surface area contributed by atoms with E-state index in [2.05, 4.69) is 24.0 Å². The van der Waals surface area contributed by atoms with Crippen LogP contribution >= 0.6 is 11.6 Å². The molecule has 0 amide bonds. The zero-order valence-corrected chi connectivity index (χ0v) is 10.5. The molecule has 0 bridgehead atoms. The molecular weight excluding hydrogens is 220 g/mol. The summed E-state index contributed by atoms with van der Waals surface area (Å²) in [6.07, 6.45) is 2.20. The highest BCUT2D eigenvalue weighted by molar-refractivity contribution is 6.30. The topological polar surface area (TPSA) is 29.3 Å². The number of likely N-dealkylation sites (tertiary alicyclic amines) is 1. The summed E-state index contributed by atoms with van der Waals surface area (Å²) in [6.45, 7) is 4.42. The average molecular weight is 239 g/mol. The molecule has 0 aliphatic carbocycles. The van der Waals surface area contributed by atoms with Gasteiger partial charge in [-0.1, -0.05) is 23.7 Å². The molecular formula is C13H19ClN2. The van der Waals surface area contributed by atoms with E-state index in [-0.39, 0.29) is 0 Å². The molecule has 0 unspecified atom stereocenters. The van der Waals surface area contributed by atoms with E-state index < -0.39 is 0 Å². The van der Waals surface area contributed by atoms with Crippen molar-refractivity contribution in [2.24, 2.45) is 5.73 Å². The van der Waals surface area contributed by atoms with Crippen molar-refractivity contribution in [1.82, 2.24) is 4.90 Å². The van der Waals surface area contributed by atoms with Crippen LogP contribution in [0.1, 0.15) is 31.4 Å². The zero-order chi connectivity index (χ0) is 11.5. The smallest absolute Gasteiger partial charge is 0.0409 e. The molecule has 1 aromatic carbocycles. The molecule has 1 aromatic rings. The molecule has 1 aliphatic rings. The molecule has 16 heavy (non-hydrogen) atoms. The van der Waals surface area contributed by atoms with Crippen molar-refractivity contribution in [2.75, 3.05) is 13.1 Å². The lowest BCUT2D eigenvalue weighted by atomic mass is 10.0. The summed E-state index contributed by atoms with van der Waals surface area (Å²) >= 11 is 6.01. The monoisotopic (exact) mass is 238 g/mol. The SMILES string of the molecule is C[C@H](c1cccc(Cl)c1)N1CCC(N)CC1. The van der Waals surface area contributed by atoms with E-state index in [0.717, 1.165) is 31.0 Å². The second kappa shape index (κ2) is 5.17. The van der Waals surface area contributed by atoms with Crippen molar-refractivity contribution >= 4 is 11.6 Å². The Labute approximate surface area is 102 Å². The maximum absolute atomic E-state index is 6.01. The Morgan fingerprint density at radius 2 is 2.06 bits per heavy atom. The number of benzene rings is 1. The first-order chi connectivity index (χ1) is 7.66. The van der Waals surface area contributed by atoms with Crippen molar-refractivity contribution in [3.05, 3.63) is 34.9 Å². The van der Waals surface area contributed by atoms with Crippen molar-refractivity contribution in [1.29, 1.82) is 0 Å². The van der Waals surface area contributed by atoms with Gasteiger partial charge in [-0.3, -0.25) is 4.90 Å². The first kappa shape index (κ1) is 11.9. The summed E-state index contributed by atoms with van der Waals surface area (Å²) in [5.74, 6) is 0. The van der Waals surface area contributed by atoms with Gasteiger partial charge in [-0.25, -0.2) is 0 Å². The number of nitrogens with two attached hydrogens (primary N) is 1. The van der Waals surface area contributed by atoms with Gasteiger partial charge in [0.05, 0.1) is 0 Å². The van der Waals surface area contributed by atoms with E-state index in [0.29, 0.717) is 12.1 Å². The van der Waals surface area contributed by atoms with E-state index in [1.54, 1.807) is 0 Å². The fraction of sp³-hybridized carbons (Fsp3) is 0.538. The van der Waals surface area contributed by atoms with E-state index in [9.17, 15) is 0 Å². The Kier molecular flexibility index (Phi) is 3.85. The van der Waals surface area contributed by atoms with Crippen molar-refractivity contribution in [3.63, 3.8) is 0 Å². The van der Waals surface area contributed by atoms with E-state index in [1.165, 1.54) is 5.56 Å². The summed E-state index contributed by atoms with van der Waals surface area (Å²) in [5, 5.41) is 0.818. The van der Waals surface area contributed by atoms with Crippen molar-refractivity contribution in [3.8, 4) is 0 Å². The number of rotatable bonds is 2. The third-order valence-electron chi connectivity index (χ3n) is 3.45. The van der Waals surface area contributed by atoms with Gasteiger partial charge in [0.2, 0.25) is 0 Å². The number of hydrogen-bond acceptors (Lipinski definition) is 2. The highest BCUT2D eigenvalue weighted by Crippen LogP contribution is 2.25. The number of nitrogens with zero attached hydrogens (tertiary/aromatic N) is 1. The fourth-order valence-corrected chi connectivity index (χ4v) is 2.48. The van der Waals surface area contributed by atoms with E-state index in [4.69, 9.17) is 17.3 Å². The molecule has 3 heteroatoms. The lowest BCUT2D eigenvalue weighted by Gasteiger charge is -2.35. The van der Waals surface area contributed by atoms with Gasteiger partial charge in [-0.2, -0.15) is 0 Å². The highest BCUT2D eigenvalue weighted by Gasteiger charge is 2.21. The molecule has 2 rings (SSSR count). The van der Waals surface area contributed by atoms with Crippen LogP contribution in [0, 0.1) is 0 Å². The number of halogens is 1. The third-order valence-corrected chi connectivity index (χ3v) is 3.69. The lowest BCUT2D eigenvalue weighted by molar-refractivity contribution is 0.163. The summed E-state index contributed by atoms with van der Waals surface area (Å²) in [4.78, 5) is 2.48. The second-order valence-corrected chi connectivity index (χ2v) is 5.04. The molecule has 1 fully saturated rings. The molecule has 1 aliphatic heterocycles. The molecule has 0 saturated carbocycles. The van der Waals surface area contributed by atoms with Gasteiger partial charge in [0.1, 0.15) is 0 Å². The summed E-state index contributed by atoms with van der Waals surface area (Å²) in [5.41, 5.74) is 7.21. The minimum Gasteiger partial charge on any atom is -0.328 e. The van der Waals surface area contributed by atoms with E-state index in [1.807, 2.05) is 12.1 Å².